The summed E-state index contributed by atoms with van der Waals surface area (Å²) in [5, 5.41) is 4.12. The standard InChI is InChI=1S/C15H10N2O6/c1-22-8-2-3-9-11(5-8)23-6-7(12(9)18)4-10-13(19)16-15(21)17-14(10)20/h2-6H,1H3,(H2,16,17,19,20,21). The van der Waals surface area contributed by atoms with Crippen LogP contribution < -0.4 is 20.8 Å². The highest BCUT2D eigenvalue weighted by molar-refractivity contribution is 6.31. The van der Waals surface area contributed by atoms with E-state index in [9.17, 15) is 19.2 Å². The summed E-state index contributed by atoms with van der Waals surface area (Å²) in [5.74, 6) is -1.24. The van der Waals surface area contributed by atoms with Gasteiger partial charge in [-0.25, -0.2) is 4.79 Å². The fourth-order valence-electron chi connectivity index (χ4n) is 2.11. The Labute approximate surface area is 128 Å². The van der Waals surface area contributed by atoms with E-state index in [-0.39, 0.29) is 16.5 Å². The predicted octanol–water partition coefficient (Wildman–Crippen LogP) is 0.551. The number of hydrogen-bond donors (Lipinski definition) is 2. The summed E-state index contributed by atoms with van der Waals surface area (Å²) in [5.41, 5.74) is -0.454. The maximum atomic E-state index is 12.4. The average molecular weight is 314 g/mol. The Morgan fingerprint density at radius 2 is 1.78 bits per heavy atom. The Hall–Kier alpha value is -3.42. The SMILES string of the molecule is COc1ccc2c(=O)c(C=C3C(=O)NC(=O)NC3=O)coc2c1. The molecule has 0 aliphatic carbocycles. The molecule has 2 aromatic rings. The molecule has 23 heavy (non-hydrogen) atoms. The van der Waals surface area contributed by atoms with Crippen LogP contribution in [0.25, 0.3) is 17.0 Å². The van der Waals surface area contributed by atoms with Gasteiger partial charge in [0, 0.05) is 6.07 Å². The first kappa shape index (κ1) is 14.5. The van der Waals surface area contributed by atoms with E-state index >= 15 is 0 Å². The zero-order valence-electron chi connectivity index (χ0n) is 11.8. The molecule has 0 saturated carbocycles. The Bertz CT molecular complexity index is 919. The summed E-state index contributed by atoms with van der Waals surface area (Å²) in [6.07, 6.45) is 2.21. The van der Waals surface area contributed by atoms with Crippen molar-refractivity contribution < 1.29 is 23.5 Å². The smallest absolute Gasteiger partial charge is 0.328 e. The number of carbonyl (C=O) groups is 3. The van der Waals surface area contributed by atoms with E-state index in [2.05, 4.69) is 0 Å². The lowest BCUT2D eigenvalue weighted by Crippen LogP contribution is -2.51. The second-order valence-corrected chi connectivity index (χ2v) is 4.68. The van der Waals surface area contributed by atoms with E-state index in [1.54, 1.807) is 12.1 Å². The number of hydrogen-bond acceptors (Lipinski definition) is 6. The summed E-state index contributed by atoms with van der Waals surface area (Å²) in [4.78, 5) is 46.7. The molecule has 0 spiro atoms. The summed E-state index contributed by atoms with van der Waals surface area (Å²) in [6, 6.07) is 3.75. The van der Waals surface area contributed by atoms with Crippen LogP contribution in [0.3, 0.4) is 0 Å². The lowest BCUT2D eigenvalue weighted by Gasteiger charge is -2.13. The van der Waals surface area contributed by atoms with Crippen LogP contribution >= 0.6 is 0 Å². The molecule has 0 unspecified atom stereocenters. The molecule has 8 nitrogen and oxygen atoms in total. The van der Waals surface area contributed by atoms with Crippen LogP contribution in [0.5, 0.6) is 5.75 Å². The van der Waals surface area contributed by atoms with Gasteiger partial charge in [-0.3, -0.25) is 25.0 Å². The van der Waals surface area contributed by atoms with Crippen molar-refractivity contribution in [3.63, 3.8) is 0 Å². The maximum absolute atomic E-state index is 12.4. The number of amides is 4. The first-order chi connectivity index (χ1) is 11.0. The van der Waals surface area contributed by atoms with E-state index in [1.165, 1.54) is 13.2 Å². The quantitative estimate of drug-likeness (QED) is 0.618. The second-order valence-electron chi connectivity index (χ2n) is 4.68. The fraction of sp³-hybridized carbons (Fsp3) is 0.0667. The van der Waals surface area contributed by atoms with Gasteiger partial charge in [-0.2, -0.15) is 0 Å². The maximum Gasteiger partial charge on any atom is 0.328 e. The van der Waals surface area contributed by atoms with E-state index in [0.29, 0.717) is 11.3 Å². The van der Waals surface area contributed by atoms with Crippen LogP contribution in [0.4, 0.5) is 4.79 Å². The van der Waals surface area contributed by atoms with Crippen molar-refractivity contribution >= 4 is 34.9 Å². The Balaban J connectivity index is 2.10. The number of urea groups is 1. The monoisotopic (exact) mass is 314 g/mol. The Morgan fingerprint density at radius 1 is 1.09 bits per heavy atom. The molecule has 0 bridgehead atoms. The first-order valence-corrected chi connectivity index (χ1v) is 6.47. The van der Waals surface area contributed by atoms with Gasteiger partial charge in [-0.05, 0) is 18.2 Å². The summed E-state index contributed by atoms with van der Waals surface area (Å²) in [7, 11) is 1.49. The molecule has 116 valence electrons. The number of imide groups is 2. The van der Waals surface area contributed by atoms with Gasteiger partial charge in [-0.1, -0.05) is 0 Å². The Kier molecular flexibility index (Phi) is 3.41. The molecule has 2 N–H and O–H groups in total. The lowest BCUT2D eigenvalue weighted by atomic mass is 10.1. The summed E-state index contributed by atoms with van der Waals surface area (Å²) < 4.78 is 10.4. The molecular weight excluding hydrogens is 304 g/mol. The molecule has 1 aromatic carbocycles. The number of barbiturate groups is 1. The number of fused-ring (bicyclic) bond motifs is 1. The molecular formula is C15H10N2O6. The van der Waals surface area contributed by atoms with Crippen molar-refractivity contribution in [2.45, 2.75) is 0 Å². The van der Waals surface area contributed by atoms with Crippen molar-refractivity contribution in [2.75, 3.05) is 7.11 Å². The first-order valence-electron chi connectivity index (χ1n) is 6.47. The molecule has 1 saturated heterocycles. The average Bonchev–Trinajstić information content (AvgIpc) is 2.52. The molecule has 1 aromatic heterocycles. The molecule has 0 radical (unpaired) electrons. The summed E-state index contributed by atoms with van der Waals surface area (Å²) >= 11 is 0. The number of carbonyl (C=O) groups excluding carboxylic acids is 3. The van der Waals surface area contributed by atoms with Crippen LogP contribution in [-0.2, 0) is 9.59 Å². The number of benzene rings is 1. The minimum atomic E-state index is -0.908. The molecule has 1 aliphatic rings. The van der Waals surface area contributed by atoms with Gasteiger partial charge < -0.3 is 9.15 Å². The number of ether oxygens (including phenoxy) is 1. The normalized spacial score (nSPS) is 14.5. The van der Waals surface area contributed by atoms with Gasteiger partial charge in [0.25, 0.3) is 11.8 Å². The van der Waals surface area contributed by atoms with Gasteiger partial charge in [0.15, 0.2) is 5.43 Å². The molecule has 4 amide bonds. The molecule has 1 aliphatic heterocycles. The van der Waals surface area contributed by atoms with Crippen LogP contribution in [0, 0.1) is 0 Å². The van der Waals surface area contributed by atoms with Crippen molar-refractivity contribution in [1.82, 2.24) is 10.6 Å². The number of methoxy groups -OCH3 is 1. The molecule has 3 rings (SSSR count). The topological polar surface area (TPSA) is 115 Å². The van der Waals surface area contributed by atoms with Gasteiger partial charge in [0.05, 0.1) is 18.1 Å². The zero-order chi connectivity index (χ0) is 16.6. The second kappa shape index (κ2) is 5.41. The Morgan fingerprint density at radius 3 is 2.43 bits per heavy atom. The van der Waals surface area contributed by atoms with Crippen molar-refractivity contribution in [3.05, 3.63) is 45.8 Å². The van der Waals surface area contributed by atoms with Gasteiger partial charge in [-0.15, -0.1) is 0 Å². The minimum absolute atomic E-state index is 0.0114. The summed E-state index contributed by atoms with van der Waals surface area (Å²) in [6.45, 7) is 0. The van der Waals surface area contributed by atoms with Crippen LogP contribution in [0.15, 0.2) is 39.2 Å². The van der Waals surface area contributed by atoms with E-state index in [1.807, 2.05) is 10.6 Å². The third kappa shape index (κ3) is 2.57. The van der Waals surface area contributed by atoms with Gasteiger partial charge >= 0.3 is 6.03 Å². The zero-order valence-corrected chi connectivity index (χ0v) is 11.8. The highest BCUT2D eigenvalue weighted by Gasteiger charge is 2.28. The van der Waals surface area contributed by atoms with Crippen LogP contribution in [-0.4, -0.2) is 25.0 Å². The predicted molar refractivity (Wildman–Crippen MR) is 78.7 cm³/mol. The number of rotatable bonds is 2. The minimum Gasteiger partial charge on any atom is -0.497 e. The number of nitrogens with one attached hydrogen (secondary N) is 2. The molecule has 1 fully saturated rings. The van der Waals surface area contributed by atoms with Crippen LogP contribution in [0.2, 0.25) is 0 Å². The lowest BCUT2D eigenvalue weighted by molar-refractivity contribution is -0.123. The van der Waals surface area contributed by atoms with Crippen LogP contribution in [0.1, 0.15) is 5.56 Å². The molecule has 2 heterocycles. The van der Waals surface area contributed by atoms with Crippen molar-refractivity contribution in [2.24, 2.45) is 0 Å². The highest BCUT2D eigenvalue weighted by Crippen LogP contribution is 2.19. The highest BCUT2D eigenvalue weighted by atomic mass is 16.5. The van der Waals surface area contributed by atoms with E-state index in [4.69, 9.17) is 9.15 Å². The third-order valence-electron chi connectivity index (χ3n) is 3.25. The molecule has 0 atom stereocenters. The van der Waals surface area contributed by atoms with Gasteiger partial charge in [0.2, 0.25) is 0 Å². The van der Waals surface area contributed by atoms with E-state index < -0.39 is 23.3 Å². The largest absolute Gasteiger partial charge is 0.497 e. The third-order valence-corrected chi connectivity index (χ3v) is 3.25. The van der Waals surface area contributed by atoms with E-state index in [0.717, 1.165) is 12.3 Å². The fourth-order valence-corrected chi connectivity index (χ4v) is 2.11. The molecule has 8 heteroatoms. The van der Waals surface area contributed by atoms with Gasteiger partial charge in [0.1, 0.15) is 23.2 Å². The van der Waals surface area contributed by atoms with Crippen molar-refractivity contribution in [3.8, 4) is 5.75 Å². The van der Waals surface area contributed by atoms with Crippen molar-refractivity contribution in [1.29, 1.82) is 0 Å².